The maximum absolute atomic E-state index is 11.8. The fourth-order valence-corrected chi connectivity index (χ4v) is 2.20. The van der Waals surface area contributed by atoms with E-state index >= 15 is 0 Å². The quantitative estimate of drug-likeness (QED) is 0.576. The van der Waals surface area contributed by atoms with Gasteiger partial charge in [0.15, 0.2) is 0 Å². The van der Waals surface area contributed by atoms with Crippen LogP contribution in [0.3, 0.4) is 0 Å². The molecule has 0 heterocycles. The fourth-order valence-electron chi connectivity index (χ4n) is 2.20. The summed E-state index contributed by atoms with van der Waals surface area (Å²) in [7, 11) is 0. The number of esters is 1. The summed E-state index contributed by atoms with van der Waals surface area (Å²) < 4.78 is 5.35. The number of hydrogen-bond acceptors (Lipinski definition) is 2. The first-order chi connectivity index (χ1) is 10.2. The molecule has 0 fully saturated rings. The van der Waals surface area contributed by atoms with Crippen LogP contribution >= 0.6 is 0 Å². The molecule has 0 saturated carbocycles. The van der Waals surface area contributed by atoms with Crippen LogP contribution in [0.1, 0.15) is 36.5 Å². The van der Waals surface area contributed by atoms with E-state index in [-0.39, 0.29) is 5.97 Å². The van der Waals surface area contributed by atoms with E-state index in [9.17, 15) is 4.79 Å². The van der Waals surface area contributed by atoms with Gasteiger partial charge in [-0.2, -0.15) is 0 Å². The molecule has 0 N–H and O–H groups in total. The predicted molar refractivity (Wildman–Crippen MR) is 85.6 cm³/mol. The highest BCUT2D eigenvalue weighted by molar-refractivity contribution is 5.72. The van der Waals surface area contributed by atoms with Crippen LogP contribution in [0.4, 0.5) is 0 Å². The smallest absolute Gasteiger partial charge is 0.311 e. The first-order valence-corrected chi connectivity index (χ1v) is 7.52. The molecule has 0 saturated heterocycles. The molecule has 0 bridgehead atoms. The van der Waals surface area contributed by atoms with Crippen LogP contribution in [-0.4, -0.2) is 5.97 Å². The number of rotatable bonds is 6. The molecule has 0 unspecified atom stereocenters. The third-order valence-corrected chi connectivity index (χ3v) is 3.43. The maximum Gasteiger partial charge on any atom is 0.311 e. The Labute approximate surface area is 126 Å². The Kier molecular flexibility index (Phi) is 5.56. The van der Waals surface area contributed by atoms with Crippen molar-refractivity contribution < 1.29 is 9.53 Å². The topological polar surface area (TPSA) is 26.3 Å². The van der Waals surface area contributed by atoms with Gasteiger partial charge in [-0.15, -0.1) is 0 Å². The number of ether oxygens (including phenoxy) is 1. The van der Waals surface area contributed by atoms with Gasteiger partial charge < -0.3 is 4.74 Å². The zero-order valence-corrected chi connectivity index (χ0v) is 12.8. The zero-order valence-electron chi connectivity index (χ0n) is 12.8. The third-order valence-electron chi connectivity index (χ3n) is 3.43. The summed E-state index contributed by atoms with van der Waals surface area (Å²) in [6.45, 7) is 4.21. The van der Waals surface area contributed by atoms with Gasteiger partial charge in [0.2, 0.25) is 0 Å². The summed E-state index contributed by atoms with van der Waals surface area (Å²) in [5, 5.41) is 0. The van der Waals surface area contributed by atoms with Crippen molar-refractivity contribution in [2.45, 2.75) is 39.5 Å². The maximum atomic E-state index is 11.8. The minimum absolute atomic E-state index is 0.182. The van der Waals surface area contributed by atoms with Crippen molar-refractivity contribution in [2.24, 2.45) is 0 Å². The molecule has 21 heavy (non-hydrogen) atoms. The molecular weight excluding hydrogens is 260 g/mol. The van der Waals surface area contributed by atoms with Gasteiger partial charge in [-0.3, -0.25) is 4.79 Å². The second-order valence-electron chi connectivity index (χ2n) is 5.35. The van der Waals surface area contributed by atoms with Crippen molar-refractivity contribution in [3.05, 3.63) is 65.2 Å². The van der Waals surface area contributed by atoms with Gasteiger partial charge in [-0.25, -0.2) is 0 Å². The summed E-state index contributed by atoms with van der Waals surface area (Å²) in [5.41, 5.74) is 3.67. The highest BCUT2D eigenvalue weighted by Gasteiger charge is 2.05. The van der Waals surface area contributed by atoms with E-state index in [0.29, 0.717) is 18.6 Å². The summed E-state index contributed by atoms with van der Waals surface area (Å²) >= 11 is 0. The average Bonchev–Trinajstić information content (AvgIpc) is 2.49. The number of benzene rings is 2. The van der Waals surface area contributed by atoms with Gasteiger partial charge >= 0.3 is 5.97 Å². The summed E-state index contributed by atoms with van der Waals surface area (Å²) in [5.74, 6) is 0.447. The molecule has 2 nitrogen and oxygen atoms in total. The lowest BCUT2D eigenvalue weighted by atomic mass is 10.1. The van der Waals surface area contributed by atoms with E-state index in [4.69, 9.17) is 4.74 Å². The molecule has 2 aromatic rings. The predicted octanol–water partition coefficient (Wildman–Crippen LogP) is 4.49. The molecule has 0 spiro atoms. The van der Waals surface area contributed by atoms with Crippen LogP contribution in [0.25, 0.3) is 0 Å². The van der Waals surface area contributed by atoms with Crippen LogP contribution in [0.2, 0.25) is 0 Å². The number of carbonyl (C=O) groups is 1. The van der Waals surface area contributed by atoms with Gasteiger partial charge in [0, 0.05) is 6.42 Å². The van der Waals surface area contributed by atoms with E-state index in [1.165, 1.54) is 11.1 Å². The van der Waals surface area contributed by atoms with Crippen molar-refractivity contribution in [3.63, 3.8) is 0 Å². The van der Waals surface area contributed by atoms with Crippen molar-refractivity contribution in [2.75, 3.05) is 0 Å². The molecular formula is C19H22O2. The highest BCUT2D eigenvalue weighted by Crippen LogP contribution is 2.14. The van der Waals surface area contributed by atoms with E-state index in [1.807, 2.05) is 24.3 Å². The third kappa shape index (κ3) is 5.07. The van der Waals surface area contributed by atoms with E-state index in [0.717, 1.165) is 18.4 Å². The second kappa shape index (κ2) is 7.63. The zero-order chi connectivity index (χ0) is 15.1. The molecule has 0 atom stereocenters. The van der Waals surface area contributed by atoms with Gasteiger partial charge in [-0.05, 0) is 43.0 Å². The van der Waals surface area contributed by atoms with Crippen LogP contribution in [-0.2, 0) is 17.6 Å². The van der Waals surface area contributed by atoms with Crippen molar-refractivity contribution in [3.8, 4) is 5.75 Å². The minimum Gasteiger partial charge on any atom is -0.427 e. The second-order valence-corrected chi connectivity index (χ2v) is 5.35. The number of carbonyl (C=O) groups excluding carboxylic acids is 1. The standard InChI is InChI=1S/C19H22O2/c1-3-4-16-9-12-18(13-10-16)21-19(20)14-11-17-7-5-15(2)6-8-17/h5-10,12-13H,3-4,11,14H2,1-2H3. The summed E-state index contributed by atoms with van der Waals surface area (Å²) in [4.78, 5) is 11.8. The SMILES string of the molecule is CCCc1ccc(OC(=O)CCc2ccc(C)cc2)cc1. The molecule has 0 aromatic heterocycles. The van der Waals surface area contributed by atoms with E-state index in [2.05, 4.69) is 38.1 Å². The molecule has 0 aliphatic carbocycles. The van der Waals surface area contributed by atoms with E-state index in [1.54, 1.807) is 0 Å². The Balaban J connectivity index is 1.82. The lowest BCUT2D eigenvalue weighted by Crippen LogP contribution is -2.09. The van der Waals surface area contributed by atoms with Crippen LogP contribution in [0.15, 0.2) is 48.5 Å². The van der Waals surface area contributed by atoms with Crippen molar-refractivity contribution in [1.29, 1.82) is 0 Å². The minimum atomic E-state index is -0.182. The average molecular weight is 282 g/mol. The molecule has 2 aromatic carbocycles. The molecule has 2 heteroatoms. The largest absolute Gasteiger partial charge is 0.427 e. The Hall–Kier alpha value is -2.09. The number of aryl methyl sites for hydroxylation is 3. The Morgan fingerprint density at radius 1 is 0.905 bits per heavy atom. The molecule has 0 aliphatic heterocycles. The Morgan fingerprint density at radius 3 is 2.10 bits per heavy atom. The van der Waals surface area contributed by atoms with Gasteiger partial charge in [-0.1, -0.05) is 55.3 Å². The molecule has 0 amide bonds. The molecule has 2 rings (SSSR count). The fraction of sp³-hybridized carbons (Fsp3) is 0.316. The summed E-state index contributed by atoms with van der Waals surface area (Å²) in [6.07, 6.45) is 3.30. The molecule has 110 valence electrons. The molecule has 0 aliphatic rings. The van der Waals surface area contributed by atoms with E-state index < -0.39 is 0 Å². The highest BCUT2D eigenvalue weighted by atomic mass is 16.5. The lowest BCUT2D eigenvalue weighted by Gasteiger charge is -2.06. The van der Waals surface area contributed by atoms with Gasteiger partial charge in [0.05, 0.1) is 0 Å². The van der Waals surface area contributed by atoms with Crippen molar-refractivity contribution >= 4 is 5.97 Å². The normalized spacial score (nSPS) is 10.4. The monoisotopic (exact) mass is 282 g/mol. The van der Waals surface area contributed by atoms with Gasteiger partial charge in [0.25, 0.3) is 0 Å². The van der Waals surface area contributed by atoms with Crippen LogP contribution < -0.4 is 4.74 Å². The first kappa shape index (κ1) is 15.3. The summed E-state index contributed by atoms with van der Waals surface area (Å²) in [6, 6.07) is 16.0. The lowest BCUT2D eigenvalue weighted by molar-refractivity contribution is -0.134. The van der Waals surface area contributed by atoms with Crippen molar-refractivity contribution in [1.82, 2.24) is 0 Å². The first-order valence-electron chi connectivity index (χ1n) is 7.52. The van der Waals surface area contributed by atoms with Crippen LogP contribution in [0.5, 0.6) is 5.75 Å². The number of hydrogen-bond donors (Lipinski definition) is 0. The Morgan fingerprint density at radius 2 is 1.48 bits per heavy atom. The van der Waals surface area contributed by atoms with Gasteiger partial charge in [0.1, 0.15) is 5.75 Å². The Bertz CT molecular complexity index is 568. The molecule has 0 radical (unpaired) electrons. The van der Waals surface area contributed by atoms with Crippen LogP contribution in [0, 0.1) is 6.92 Å².